The number of rotatable bonds is 3. The molecule has 0 heterocycles. The molecule has 2 nitrogen and oxygen atoms in total. The highest BCUT2D eigenvalue weighted by Gasteiger charge is 2.02. The minimum absolute atomic E-state index is 0.232. The molecule has 0 bridgehead atoms. The molecule has 0 saturated carbocycles. The van der Waals surface area contributed by atoms with E-state index < -0.39 is 5.82 Å². The molecule has 0 amide bonds. The molecule has 0 aliphatic heterocycles. The molecule has 18 heavy (non-hydrogen) atoms. The van der Waals surface area contributed by atoms with Crippen molar-refractivity contribution in [3.05, 3.63) is 64.4 Å². The van der Waals surface area contributed by atoms with Gasteiger partial charge in [0, 0.05) is 11.1 Å². The van der Waals surface area contributed by atoms with Crippen LogP contribution in [0, 0.1) is 17.1 Å². The van der Waals surface area contributed by atoms with Crippen LogP contribution in [0.25, 0.3) is 0 Å². The summed E-state index contributed by atoms with van der Waals surface area (Å²) in [5.74, 6) is -0.165. The number of hydrogen-bond donors (Lipinski definition) is 0. The number of hydrogen-bond acceptors (Lipinski definition) is 2. The van der Waals surface area contributed by atoms with Gasteiger partial charge in [0.1, 0.15) is 18.2 Å². The highest BCUT2D eigenvalue weighted by atomic mass is 35.5. The lowest BCUT2D eigenvalue weighted by Crippen LogP contribution is -1.96. The summed E-state index contributed by atoms with van der Waals surface area (Å²) in [6.45, 7) is 0.273. The summed E-state index contributed by atoms with van der Waals surface area (Å²) >= 11 is 5.84. The van der Waals surface area contributed by atoms with Crippen LogP contribution in [-0.4, -0.2) is 0 Å². The van der Waals surface area contributed by atoms with Crippen LogP contribution < -0.4 is 4.74 Å². The van der Waals surface area contributed by atoms with E-state index in [1.54, 1.807) is 12.1 Å². The van der Waals surface area contributed by atoms with Crippen molar-refractivity contribution in [1.82, 2.24) is 0 Å². The summed E-state index contributed by atoms with van der Waals surface area (Å²) < 4.78 is 18.6. The maximum Gasteiger partial charge on any atom is 0.128 e. The first-order chi connectivity index (χ1) is 8.67. The molecule has 0 aliphatic rings. The van der Waals surface area contributed by atoms with Crippen LogP contribution in [0.2, 0.25) is 5.02 Å². The van der Waals surface area contributed by atoms with Crippen molar-refractivity contribution < 1.29 is 9.13 Å². The standard InChI is InChI=1S/C14H9ClFNO/c15-12-3-1-2-10(4-12)9-18-14-6-11(8-17)5-13(16)7-14/h1-7H,9H2. The summed E-state index contributed by atoms with van der Waals surface area (Å²) in [5.41, 5.74) is 1.11. The van der Waals surface area contributed by atoms with Crippen molar-refractivity contribution >= 4 is 11.6 Å². The number of benzene rings is 2. The highest BCUT2D eigenvalue weighted by Crippen LogP contribution is 2.18. The van der Waals surface area contributed by atoms with Gasteiger partial charge in [-0.25, -0.2) is 4.39 Å². The number of halogens is 2. The number of ether oxygens (including phenoxy) is 1. The third-order valence-corrected chi connectivity index (χ3v) is 2.53. The molecule has 2 aromatic rings. The van der Waals surface area contributed by atoms with E-state index in [-0.39, 0.29) is 12.2 Å². The molecule has 0 saturated heterocycles. The molecule has 0 unspecified atom stereocenters. The Kier molecular flexibility index (Phi) is 3.81. The summed E-state index contributed by atoms with van der Waals surface area (Å²) in [5, 5.41) is 9.34. The molecule has 0 N–H and O–H groups in total. The Hall–Kier alpha value is -2.05. The van der Waals surface area contributed by atoms with Gasteiger partial charge in [0.25, 0.3) is 0 Å². The van der Waals surface area contributed by atoms with Gasteiger partial charge in [0.2, 0.25) is 0 Å². The first kappa shape index (κ1) is 12.4. The predicted molar refractivity (Wildman–Crippen MR) is 66.9 cm³/mol. The molecule has 0 radical (unpaired) electrons. The normalized spacial score (nSPS) is 9.83. The monoisotopic (exact) mass is 261 g/mol. The molecule has 0 fully saturated rings. The van der Waals surface area contributed by atoms with Gasteiger partial charge in [-0.3, -0.25) is 0 Å². The van der Waals surface area contributed by atoms with Crippen molar-refractivity contribution in [2.45, 2.75) is 6.61 Å². The maximum absolute atomic E-state index is 13.2. The van der Waals surface area contributed by atoms with Gasteiger partial charge < -0.3 is 4.74 Å². The lowest BCUT2D eigenvalue weighted by Gasteiger charge is -2.07. The molecular formula is C14H9ClFNO. The average molecular weight is 262 g/mol. The predicted octanol–water partition coefficient (Wildman–Crippen LogP) is 3.93. The van der Waals surface area contributed by atoms with Gasteiger partial charge >= 0.3 is 0 Å². The summed E-state index contributed by atoms with van der Waals surface area (Å²) in [4.78, 5) is 0. The van der Waals surface area contributed by atoms with Crippen LogP contribution in [0.5, 0.6) is 5.75 Å². The fraction of sp³-hybridized carbons (Fsp3) is 0.0714. The molecule has 2 aromatic carbocycles. The quantitative estimate of drug-likeness (QED) is 0.839. The molecule has 0 aliphatic carbocycles. The van der Waals surface area contributed by atoms with Crippen LogP contribution >= 0.6 is 11.6 Å². The molecule has 2 rings (SSSR count). The van der Waals surface area contributed by atoms with Crippen molar-refractivity contribution in [1.29, 1.82) is 5.26 Å². The molecule has 0 spiro atoms. The Balaban J connectivity index is 2.11. The highest BCUT2D eigenvalue weighted by molar-refractivity contribution is 6.30. The zero-order chi connectivity index (χ0) is 13.0. The van der Waals surface area contributed by atoms with E-state index in [0.717, 1.165) is 11.6 Å². The van der Waals surface area contributed by atoms with E-state index in [0.29, 0.717) is 10.8 Å². The second kappa shape index (κ2) is 5.52. The lowest BCUT2D eigenvalue weighted by atomic mass is 10.2. The number of nitrogens with zero attached hydrogens (tertiary/aromatic N) is 1. The minimum atomic E-state index is -0.491. The Labute approximate surface area is 109 Å². The van der Waals surface area contributed by atoms with E-state index in [4.69, 9.17) is 21.6 Å². The topological polar surface area (TPSA) is 33.0 Å². The zero-order valence-corrected chi connectivity index (χ0v) is 10.1. The zero-order valence-electron chi connectivity index (χ0n) is 9.36. The lowest BCUT2D eigenvalue weighted by molar-refractivity contribution is 0.304. The molecular weight excluding hydrogens is 253 g/mol. The second-order valence-electron chi connectivity index (χ2n) is 3.71. The van der Waals surface area contributed by atoms with E-state index in [1.807, 2.05) is 18.2 Å². The third-order valence-electron chi connectivity index (χ3n) is 2.29. The second-order valence-corrected chi connectivity index (χ2v) is 4.14. The maximum atomic E-state index is 13.2. The van der Waals surface area contributed by atoms with Crippen LogP contribution in [-0.2, 0) is 6.61 Å². The van der Waals surface area contributed by atoms with Crippen LogP contribution in [0.4, 0.5) is 4.39 Å². The van der Waals surface area contributed by atoms with Gasteiger partial charge in [-0.15, -0.1) is 0 Å². The number of nitriles is 1. The van der Waals surface area contributed by atoms with Crippen molar-refractivity contribution in [3.8, 4) is 11.8 Å². The fourth-order valence-electron chi connectivity index (χ4n) is 1.50. The van der Waals surface area contributed by atoms with Gasteiger partial charge in [0.15, 0.2) is 0 Å². The van der Waals surface area contributed by atoms with Crippen LogP contribution in [0.15, 0.2) is 42.5 Å². The summed E-state index contributed by atoms with van der Waals surface area (Å²) in [6.07, 6.45) is 0. The van der Waals surface area contributed by atoms with E-state index in [9.17, 15) is 4.39 Å². The smallest absolute Gasteiger partial charge is 0.128 e. The van der Waals surface area contributed by atoms with Crippen molar-refractivity contribution in [2.24, 2.45) is 0 Å². The van der Waals surface area contributed by atoms with Gasteiger partial charge in [-0.05, 0) is 29.8 Å². The largest absolute Gasteiger partial charge is 0.489 e. The fourth-order valence-corrected chi connectivity index (χ4v) is 1.72. The Morgan fingerprint density at radius 3 is 2.78 bits per heavy atom. The van der Waals surface area contributed by atoms with Crippen molar-refractivity contribution in [2.75, 3.05) is 0 Å². The van der Waals surface area contributed by atoms with Crippen LogP contribution in [0.1, 0.15) is 11.1 Å². The van der Waals surface area contributed by atoms with E-state index >= 15 is 0 Å². The van der Waals surface area contributed by atoms with Crippen LogP contribution in [0.3, 0.4) is 0 Å². The summed E-state index contributed by atoms with van der Waals surface area (Å²) in [7, 11) is 0. The molecule has 0 atom stereocenters. The molecule has 0 aromatic heterocycles. The van der Waals surface area contributed by atoms with Gasteiger partial charge in [-0.2, -0.15) is 5.26 Å². The molecule has 4 heteroatoms. The first-order valence-electron chi connectivity index (χ1n) is 5.25. The first-order valence-corrected chi connectivity index (χ1v) is 5.63. The van der Waals surface area contributed by atoms with Gasteiger partial charge in [0.05, 0.1) is 11.6 Å². The third kappa shape index (κ3) is 3.22. The minimum Gasteiger partial charge on any atom is -0.489 e. The Morgan fingerprint density at radius 1 is 1.22 bits per heavy atom. The Morgan fingerprint density at radius 2 is 2.06 bits per heavy atom. The average Bonchev–Trinajstić information content (AvgIpc) is 2.36. The summed E-state index contributed by atoms with van der Waals surface area (Å²) in [6, 6.07) is 13.0. The van der Waals surface area contributed by atoms with E-state index in [1.165, 1.54) is 12.1 Å². The van der Waals surface area contributed by atoms with Gasteiger partial charge in [-0.1, -0.05) is 23.7 Å². The SMILES string of the molecule is N#Cc1cc(F)cc(OCc2cccc(Cl)c2)c1. The molecule has 90 valence electrons. The Bertz CT molecular complexity index is 607. The van der Waals surface area contributed by atoms with Crippen molar-refractivity contribution in [3.63, 3.8) is 0 Å². The van der Waals surface area contributed by atoms with E-state index in [2.05, 4.69) is 0 Å².